The SMILES string of the molecule is CC(NC1CCCS(=O)(=O)C1)c1cscn1. The molecule has 0 aromatic carbocycles. The van der Waals surface area contributed by atoms with E-state index in [2.05, 4.69) is 10.3 Å². The molecular weight excluding hydrogens is 244 g/mol. The van der Waals surface area contributed by atoms with Crippen LogP contribution in [0.15, 0.2) is 10.9 Å². The zero-order valence-electron chi connectivity index (χ0n) is 9.22. The number of hydrogen-bond donors (Lipinski definition) is 1. The molecule has 90 valence electrons. The minimum absolute atomic E-state index is 0.0791. The lowest BCUT2D eigenvalue weighted by Gasteiger charge is -2.25. The molecule has 1 aliphatic heterocycles. The average Bonchev–Trinajstić information content (AvgIpc) is 2.68. The van der Waals surface area contributed by atoms with Crippen LogP contribution in [0.25, 0.3) is 0 Å². The Balaban J connectivity index is 1.95. The highest BCUT2D eigenvalue weighted by Gasteiger charge is 2.25. The van der Waals surface area contributed by atoms with Gasteiger partial charge >= 0.3 is 0 Å². The first kappa shape index (κ1) is 12.0. The Labute approximate surface area is 100 Å². The molecule has 2 atom stereocenters. The van der Waals surface area contributed by atoms with Crippen LogP contribution < -0.4 is 5.32 Å². The Morgan fingerprint density at radius 1 is 1.62 bits per heavy atom. The van der Waals surface area contributed by atoms with E-state index in [9.17, 15) is 8.42 Å². The Morgan fingerprint density at radius 2 is 2.44 bits per heavy atom. The van der Waals surface area contributed by atoms with Gasteiger partial charge in [0.15, 0.2) is 9.84 Å². The molecule has 1 aromatic heterocycles. The van der Waals surface area contributed by atoms with Gasteiger partial charge in [-0.1, -0.05) is 0 Å². The van der Waals surface area contributed by atoms with Crippen LogP contribution in [0.3, 0.4) is 0 Å². The molecule has 4 nitrogen and oxygen atoms in total. The molecule has 0 saturated carbocycles. The second-order valence-corrected chi connectivity index (χ2v) is 7.20. The molecule has 1 aliphatic rings. The Hall–Kier alpha value is -0.460. The molecular formula is C10H16N2O2S2. The van der Waals surface area contributed by atoms with Gasteiger partial charge in [0.25, 0.3) is 0 Å². The van der Waals surface area contributed by atoms with Crippen LogP contribution >= 0.6 is 11.3 Å². The van der Waals surface area contributed by atoms with Crippen LogP contribution in [0.5, 0.6) is 0 Å². The maximum atomic E-state index is 11.5. The van der Waals surface area contributed by atoms with Gasteiger partial charge in [0.2, 0.25) is 0 Å². The molecule has 0 aliphatic carbocycles. The van der Waals surface area contributed by atoms with Crippen molar-refractivity contribution >= 4 is 21.2 Å². The summed E-state index contributed by atoms with van der Waals surface area (Å²) in [5, 5.41) is 5.34. The van der Waals surface area contributed by atoms with E-state index in [1.807, 2.05) is 12.3 Å². The molecule has 0 spiro atoms. The zero-order chi connectivity index (χ0) is 11.6. The zero-order valence-corrected chi connectivity index (χ0v) is 10.9. The maximum absolute atomic E-state index is 11.5. The van der Waals surface area contributed by atoms with E-state index in [1.54, 1.807) is 16.8 Å². The summed E-state index contributed by atoms with van der Waals surface area (Å²) in [6.45, 7) is 2.02. The van der Waals surface area contributed by atoms with Gasteiger partial charge in [0.05, 0.1) is 22.7 Å². The summed E-state index contributed by atoms with van der Waals surface area (Å²) >= 11 is 1.56. The quantitative estimate of drug-likeness (QED) is 0.892. The lowest BCUT2D eigenvalue weighted by Crippen LogP contribution is -2.41. The molecule has 1 aromatic rings. The highest BCUT2D eigenvalue weighted by atomic mass is 32.2. The molecule has 0 amide bonds. The average molecular weight is 260 g/mol. The number of thiazole rings is 1. The first-order valence-corrected chi connectivity index (χ1v) is 8.18. The van der Waals surface area contributed by atoms with E-state index in [-0.39, 0.29) is 17.8 Å². The topological polar surface area (TPSA) is 59.1 Å². The fourth-order valence-electron chi connectivity index (χ4n) is 2.03. The summed E-state index contributed by atoms with van der Waals surface area (Å²) in [5.41, 5.74) is 2.79. The number of hydrogen-bond acceptors (Lipinski definition) is 5. The summed E-state index contributed by atoms with van der Waals surface area (Å²) in [6.07, 6.45) is 1.71. The van der Waals surface area contributed by atoms with Crippen LogP contribution in [-0.2, 0) is 9.84 Å². The smallest absolute Gasteiger partial charge is 0.151 e. The van der Waals surface area contributed by atoms with Crippen LogP contribution in [-0.4, -0.2) is 30.9 Å². The van der Waals surface area contributed by atoms with Gasteiger partial charge in [-0.25, -0.2) is 13.4 Å². The van der Waals surface area contributed by atoms with Gasteiger partial charge in [-0.05, 0) is 19.8 Å². The third-order valence-corrected chi connectivity index (χ3v) is 5.27. The van der Waals surface area contributed by atoms with E-state index in [1.165, 1.54) is 0 Å². The van der Waals surface area contributed by atoms with Crippen molar-refractivity contribution in [3.8, 4) is 0 Å². The van der Waals surface area contributed by atoms with Crippen molar-refractivity contribution < 1.29 is 8.42 Å². The Morgan fingerprint density at radius 3 is 3.06 bits per heavy atom. The lowest BCUT2D eigenvalue weighted by molar-refractivity contribution is 0.433. The summed E-state index contributed by atoms with van der Waals surface area (Å²) < 4.78 is 23.0. The molecule has 6 heteroatoms. The first-order chi connectivity index (χ1) is 7.57. The van der Waals surface area contributed by atoms with Crippen molar-refractivity contribution in [1.29, 1.82) is 0 Å². The fourth-order valence-corrected chi connectivity index (χ4v) is 4.33. The minimum atomic E-state index is -2.83. The molecule has 1 fully saturated rings. The molecule has 2 rings (SSSR count). The lowest BCUT2D eigenvalue weighted by atomic mass is 10.1. The molecule has 1 saturated heterocycles. The summed E-state index contributed by atoms with van der Waals surface area (Å²) in [7, 11) is -2.83. The molecule has 2 unspecified atom stereocenters. The number of sulfone groups is 1. The van der Waals surface area contributed by atoms with E-state index in [0.717, 1.165) is 18.5 Å². The van der Waals surface area contributed by atoms with Crippen LogP contribution in [0, 0.1) is 0 Å². The standard InChI is InChI=1S/C10H16N2O2S2/c1-8(10-5-15-7-11-10)12-9-3-2-4-16(13,14)6-9/h5,7-9,12H,2-4,6H2,1H3. The number of nitrogens with zero attached hydrogens (tertiary/aromatic N) is 1. The van der Waals surface area contributed by atoms with Crippen molar-refractivity contribution in [2.45, 2.75) is 31.8 Å². The second kappa shape index (κ2) is 4.81. The highest BCUT2D eigenvalue weighted by molar-refractivity contribution is 7.91. The molecule has 2 heterocycles. The normalized spacial score (nSPS) is 26.4. The van der Waals surface area contributed by atoms with Gasteiger partial charge in [-0.3, -0.25) is 0 Å². The van der Waals surface area contributed by atoms with Crippen LogP contribution in [0.2, 0.25) is 0 Å². The van der Waals surface area contributed by atoms with Gasteiger partial charge in [0.1, 0.15) is 0 Å². The minimum Gasteiger partial charge on any atom is -0.305 e. The third-order valence-electron chi connectivity index (χ3n) is 2.84. The molecule has 0 bridgehead atoms. The largest absolute Gasteiger partial charge is 0.305 e. The Bertz CT molecular complexity index is 428. The highest BCUT2D eigenvalue weighted by Crippen LogP contribution is 2.17. The summed E-state index contributed by atoms with van der Waals surface area (Å²) in [5.74, 6) is 0.609. The van der Waals surface area contributed by atoms with Crippen molar-refractivity contribution in [1.82, 2.24) is 10.3 Å². The fraction of sp³-hybridized carbons (Fsp3) is 0.700. The monoisotopic (exact) mass is 260 g/mol. The van der Waals surface area contributed by atoms with Crippen molar-refractivity contribution in [3.05, 3.63) is 16.6 Å². The van der Waals surface area contributed by atoms with Gasteiger partial charge < -0.3 is 5.32 Å². The van der Waals surface area contributed by atoms with Gasteiger partial charge in [-0.2, -0.15) is 0 Å². The number of nitrogens with one attached hydrogen (secondary N) is 1. The van der Waals surface area contributed by atoms with Crippen molar-refractivity contribution in [2.75, 3.05) is 11.5 Å². The van der Waals surface area contributed by atoms with E-state index < -0.39 is 9.84 Å². The van der Waals surface area contributed by atoms with Gasteiger partial charge in [-0.15, -0.1) is 11.3 Å². The predicted molar refractivity (Wildman–Crippen MR) is 65.3 cm³/mol. The van der Waals surface area contributed by atoms with Gasteiger partial charge in [0, 0.05) is 17.5 Å². The third kappa shape index (κ3) is 3.02. The summed E-state index contributed by atoms with van der Waals surface area (Å²) in [6, 6.07) is 0.208. The van der Waals surface area contributed by atoms with Crippen LogP contribution in [0.1, 0.15) is 31.5 Å². The second-order valence-electron chi connectivity index (χ2n) is 4.26. The molecule has 0 radical (unpaired) electrons. The number of aromatic nitrogens is 1. The number of rotatable bonds is 3. The van der Waals surface area contributed by atoms with Crippen LogP contribution in [0.4, 0.5) is 0 Å². The first-order valence-electron chi connectivity index (χ1n) is 5.41. The summed E-state index contributed by atoms with van der Waals surface area (Å²) in [4.78, 5) is 4.22. The van der Waals surface area contributed by atoms with Crippen molar-refractivity contribution in [3.63, 3.8) is 0 Å². The van der Waals surface area contributed by atoms with E-state index >= 15 is 0 Å². The molecule has 16 heavy (non-hydrogen) atoms. The molecule has 1 N–H and O–H groups in total. The van der Waals surface area contributed by atoms with E-state index in [4.69, 9.17) is 0 Å². The van der Waals surface area contributed by atoms with Crippen molar-refractivity contribution in [2.24, 2.45) is 0 Å². The Kier molecular flexibility index (Phi) is 3.61. The van der Waals surface area contributed by atoms with E-state index in [0.29, 0.717) is 5.75 Å². The maximum Gasteiger partial charge on any atom is 0.151 e. The predicted octanol–water partition coefficient (Wildman–Crippen LogP) is 1.37.